The second-order valence-corrected chi connectivity index (χ2v) is 10.1. The molecule has 0 aromatic heterocycles. The summed E-state index contributed by atoms with van der Waals surface area (Å²) in [6.45, 7) is 4.48. The molecule has 1 aromatic carbocycles. The summed E-state index contributed by atoms with van der Waals surface area (Å²) >= 11 is 0. The third-order valence-electron chi connectivity index (χ3n) is 6.99. The number of hydrogen-bond acceptors (Lipinski definition) is 4. The molecule has 1 spiro atoms. The second-order valence-electron chi connectivity index (χ2n) is 8.29. The van der Waals surface area contributed by atoms with Crippen molar-refractivity contribution in [2.45, 2.75) is 45.8 Å². The molecule has 4 rings (SSSR count). The maximum Gasteiger partial charge on any atom is 0.262 e. The summed E-state index contributed by atoms with van der Waals surface area (Å²) in [6.07, 6.45) is 2.78. The molecule has 0 N–H and O–H groups in total. The van der Waals surface area contributed by atoms with E-state index in [1.54, 1.807) is 0 Å². The lowest BCUT2D eigenvalue weighted by atomic mass is 9.69. The average molecular weight is 363 g/mol. The third kappa shape index (κ3) is 2.37. The quantitative estimate of drug-likeness (QED) is 0.825. The zero-order valence-corrected chi connectivity index (χ0v) is 15.6. The van der Waals surface area contributed by atoms with Crippen molar-refractivity contribution in [3.8, 4) is 0 Å². The lowest BCUT2D eigenvalue weighted by molar-refractivity contribution is -0.134. The summed E-state index contributed by atoms with van der Waals surface area (Å²) < 4.78 is 32.2. The molecule has 2 bridgehead atoms. The molecule has 2 aliphatic carbocycles. The molecule has 2 saturated carbocycles. The number of ether oxygens (including phenoxy) is 1. The third-order valence-corrected chi connectivity index (χ3v) is 8.93. The first-order chi connectivity index (χ1) is 11.8. The molecule has 3 fully saturated rings. The Labute approximate surface area is 149 Å². The van der Waals surface area contributed by atoms with E-state index in [9.17, 15) is 13.2 Å². The summed E-state index contributed by atoms with van der Waals surface area (Å²) in [7, 11) is -3.55. The normalized spacial score (nSPS) is 34.2. The topological polar surface area (TPSA) is 63.7 Å². The van der Waals surface area contributed by atoms with Crippen LogP contribution in [-0.2, 0) is 26.2 Å². The summed E-state index contributed by atoms with van der Waals surface area (Å²) in [5.41, 5.74) is 0.674. The Morgan fingerprint density at radius 1 is 1.28 bits per heavy atom. The zero-order valence-electron chi connectivity index (χ0n) is 14.8. The Kier molecular flexibility index (Phi) is 3.78. The first-order valence-electron chi connectivity index (χ1n) is 8.94. The molecule has 1 heterocycles. The van der Waals surface area contributed by atoms with Gasteiger partial charge in [0.15, 0.2) is 0 Å². The Bertz CT molecular complexity index is 789. The highest BCUT2D eigenvalue weighted by molar-refractivity contribution is 7.90. The molecular weight excluding hydrogens is 338 g/mol. The Balaban J connectivity index is 1.49. The van der Waals surface area contributed by atoms with Gasteiger partial charge in [0, 0.05) is 5.41 Å². The number of sulfonamides is 1. The van der Waals surface area contributed by atoms with E-state index in [1.165, 1.54) is 4.31 Å². The van der Waals surface area contributed by atoms with E-state index in [0.717, 1.165) is 24.8 Å². The van der Waals surface area contributed by atoms with Gasteiger partial charge in [-0.05, 0) is 36.2 Å². The number of carbonyl (C=O) groups is 1. The lowest BCUT2D eigenvalue weighted by Gasteiger charge is -2.37. The van der Waals surface area contributed by atoms with Crippen LogP contribution in [0.15, 0.2) is 30.3 Å². The number of carbonyl (C=O) groups excluding carboxylic acids is 1. The number of fused-ring (bicyclic) bond motifs is 1. The fraction of sp³-hybridized carbons (Fsp3) is 0.632. The number of benzene rings is 1. The molecule has 1 aromatic rings. The van der Waals surface area contributed by atoms with Crippen molar-refractivity contribution in [2.75, 3.05) is 12.4 Å². The van der Waals surface area contributed by atoms with Crippen LogP contribution in [0.4, 0.5) is 0 Å². The second kappa shape index (κ2) is 5.55. The predicted molar refractivity (Wildman–Crippen MR) is 94.1 cm³/mol. The van der Waals surface area contributed by atoms with Crippen molar-refractivity contribution in [1.82, 2.24) is 4.31 Å². The van der Waals surface area contributed by atoms with E-state index in [0.29, 0.717) is 12.5 Å². The highest BCUT2D eigenvalue weighted by atomic mass is 32.2. The fourth-order valence-corrected chi connectivity index (χ4v) is 8.05. The van der Waals surface area contributed by atoms with Crippen LogP contribution in [0.2, 0.25) is 0 Å². The molecule has 3 aliphatic rings. The summed E-state index contributed by atoms with van der Waals surface area (Å²) in [6, 6.07) is 9.40. The van der Waals surface area contributed by atoms with Crippen LogP contribution in [0, 0.1) is 16.7 Å². The van der Waals surface area contributed by atoms with E-state index in [-0.39, 0.29) is 29.2 Å². The summed E-state index contributed by atoms with van der Waals surface area (Å²) in [5, 5.41) is 0. The van der Waals surface area contributed by atoms with Gasteiger partial charge in [0.25, 0.3) is 5.91 Å². The summed E-state index contributed by atoms with van der Waals surface area (Å²) in [5.74, 6) is 0.202. The van der Waals surface area contributed by atoms with Gasteiger partial charge < -0.3 is 4.74 Å². The number of nitrogens with zero attached hydrogens (tertiary/aromatic N) is 1. The van der Waals surface area contributed by atoms with Crippen molar-refractivity contribution in [3.63, 3.8) is 0 Å². The van der Waals surface area contributed by atoms with Crippen LogP contribution in [0.25, 0.3) is 0 Å². The van der Waals surface area contributed by atoms with Crippen molar-refractivity contribution < 1.29 is 17.9 Å². The average Bonchev–Trinajstić information content (AvgIpc) is 3.03. The Morgan fingerprint density at radius 2 is 2.00 bits per heavy atom. The minimum absolute atomic E-state index is 0.0232. The molecule has 0 radical (unpaired) electrons. The monoisotopic (exact) mass is 363 g/mol. The maximum absolute atomic E-state index is 12.8. The van der Waals surface area contributed by atoms with Crippen LogP contribution in [0.5, 0.6) is 0 Å². The zero-order chi connectivity index (χ0) is 17.9. The molecular formula is C19H25NO4S. The highest BCUT2D eigenvalue weighted by Gasteiger charge is 2.72. The van der Waals surface area contributed by atoms with Crippen molar-refractivity contribution >= 4 is 15.9 Å². The first kappa shape index (κ1) is 17.0. The smallest absolute Gasteiger partial charge is 0.262 e. The Morgan fingerprint density at radius 3 is 2.68 bits per heavy atom. The van der Waals surface area contributed by atoms with Crippen LogP contribution >= 0.6 is 0 Å². The molecule has 25 heavy (non-hydrogen) atoms. The van der Waals surface area contributed by atoms with E-state index in [1.807, 2.05) is 30.3 Å². The van der Waals surface area contributed by atoms with Crippen molar-refractivity contribution in [3.05, 3.63) is 35.9 Å². The van der Waals surface area contributed by atoms with E-state index < -0.39 is 15.9 Å². The minimum atomic E-state index is -3.55. The summed E-state index contributed by atoms with van der Waals surface area (Å²) in [4.78, 5) is 12.7. The molecule has 3 unspecified atom stereocenters. The van der Waals surface area contributed by atoms with E-state index >= 15 is 0 Å². The van der Waals surface area contributed by atoms with Gasteiger partial charge in [-0.3, -0.25) is 4.79 Å². The van der Waals surface area contributed by atoms with Crippen LogP contribution in [0.3, 0.4) is 0 Å². The van der Waals surface area contributed by atoms with Gasteiger partial charge in [-0.1, -0.05) is 44.2 Å². The van der Waals surface area contributed by atoms with Gasteiger partial charge in [-0.25, -0.2) is 12.7 Å². The van der Waals surface area contributed by atoms with Crippen molar-refractivity contribution in [2.24, 2.45) is 16.7 Å². The standard InChI is InChI=1S/C19H25NO4S/c1-18(2)15-8-9-19(18)13-25(22,23)20(16(19)10-15)17(21)12-24-11-14-6-4-3-5-7-14/h3-7,15-16H,8-13H2,1-2H3. The van der Waals surface area contributed by atoms with Crippen molar-refractivity contribution in [1.29, 1.82) is 0 Å². The Hall–Kier alpha value is -1.40. The molecule has 136 valence electrons. The van der Waals surface area contributed by atoms with Gasteiger partial charge >= 0.3 is 0 Å². The number of rotatable bonds is 4. The number of amides is 1. The molecule has 1 saturated heterocycles. The van der Waals surface area contributed by atoms with Gasteiger partial charge in [-0.15, -0.1) is 0 Å². The fourth-order valence-electron chi connectivity index (χ4n) is 5.51. The van der Waals surface area contributed by atoms with Gasteiger partial charge in [0.1, 0.15) is 6.61 Å². The molecule has 3 atom stereocenters. The highest BCUT2D eigenvalue weighted by Crippen LogP contribution is 2.69. The SMILES string of the molecule is CC1(C)C2CCC13CS(=O)(=O)N(C(=O)COCc1ccccc1)C3C2. The minimum Gasteiger partial charge on any atom is -0.367 e. The largest absolute Gasteiger partial charge is 0.367 e. The molecule has 6 heteroatoms. The number of hydrogen-bond donors (Lipinski definition) is 0. The maximum atomic E-state index is 12.8. The van der Waals surface area contributed by atoms with E-state index in [4.69, 9.17) is 4.74 Å². The van der Waals surface area contributed by atoms with Gasteiger partial charge in [0.05, 0.1) is 18.4 Å². The molecule has 1 aliphatic heterocycles. The predicted octanol–water partition coefficient (Wildman–Crippen LogP) is 2.57. The van der Waals surface area contributed by atoms with Crippen LogP contribution < -0.4 is 0 Å². The lowest BCUT2D eigenvalue weighted by Crippen LogP contribution is -2.45. The van der Waals surface area contributed by atoms with Gasteiger partial charge in [-0.2, -0.15) is 0 Å². The van der Waals surface area contributed by atoms with E-state index in [2.05, 4.69) is 13.8 Å². The molecule has 1 amide bonds. The van der Waals surface area contributed by atoms with Crippen LogP contribution in [0.1, 0.15) is 38.7 Å². The molecule has 5 nitrogen and oxygen atoms in total. The van der Waals surface area contributed by atoms with Gasteiger partial charge in [0.2, 0.25) is 10.0 Å². The van der Waals surface area contributed by atoms with Crippen LogP contribution in [-0.4, -0.2) is 37.0 Å². The first-order valence-corrected chi connectivity index (χ1v) is 10.6.